The molecule has 2 fully saturated rings. The Labute approximate surface area is 212 Å². The lowest BCUT2D eigenvalue weighted by molar-refractivity contribution is -0.127. The summed E-state index contributed by atoms with van der Waals surface area (Å²) in [7, 11) is 2.94. The van der Waals surface area contributed by atoms with Crippen LogP contribution in [0.25, 0.3) is 0 Å². The van der Waals surface area contributed by atoms with E-state index >= 15 is 0 Å². The summed E-state index contributed by atoms with van der Waals surface area (Å²) in [6, 6.07) is 18.4. The van der Waals surface area contributed by atoms with Gasteiger partial charge in [0.1, 0.15) is 0 Å². The number of Topliss-reactive ketones (excluding diaryl/α,β-unsaturated/α-hetero) is 2. The van der Waals surface area contributed by atoms with E-state index in [2.05, 4.69) is 0 Å². The Hall–Kier alpha value is -4.30. The van der Waals surface area contributed by atoms with E-state index in [9.17, 15) is 19.2 Å². The fourth-order valence-corrected chi connectivity index (χ4v) is 5.92. The molecule has 1 spiro atoms. The number of rotatable bonds is 4. The maximum absolute atomic E-state index is 14.1. The second kappa shape index (κ2) is 8.11. The van der Waals surface area contributed by atoms with Crippen LogP contribution in [0.1, 0.15) is 37.9 Å². The summed E-state index contributed by atoms with van der Waals surface area (Å²) in [6.07, 6.45) is -0.963. The number of methoxy groups -OCH3 is 2. The van der Waals surface area contributed by atoms with Gasteiger partial charge in [-0.05, 0) is 30.2 Å². The number of anilines is 1. The molecule has 2 saturated heterocycles. The van der Waals surface area contributed by atoms with Gasteiger partial charge in [0.25, 0.3) is 0 Å². The molecule has 0 radical (unpaired) electrons. The summed E-state index contributed by atoms with van der Waals surface area (Å²) in [5.74, 6) is -3.99. The quantitative estimate of drug-likeness (QED) is 0.400. The molecule has 0 bridgehead atoms. The number of carbonyl (C=O) groups is 4. The average molecular weight is 498 g/mol. The van der Waals surface area contributed by atoms with Crippen molar-refractivity contribution >= 4 is 29.1 Å². The number of imide groups is 1. The molecular weight excluding hydrogens is 474 g/mol. The lowest BCUT2D eigenvalue weighted by Crippen LogP contribution is -2.51. The predicted octanol–water partition coefficient (Wildman–Crippen LogP) is 3.71. The molecule has 3 aromatic carbocycles. The minimum absolute atomic E-state index is 0.196. The van der Waals surface area contributed by atoms with Crippen LogP contribution in [0.3, 0.4) is 0 Å². The summed E-state index contributed by atoms with van der Waals surface area (Å²) < 4.78 is 17.0. The van der Waals surface area contributed by atoms with E-state index in [-0.39, 0.29) is 16.8 Å². The summed E-state index contributed by atoms with van der Waals surface area (Å²) >= 11 is 0. The van der Waals surface area contributed by atoms with Crippen molar-refractivity contribution in [1.29, 1.82) is 0 Å². The highest BCUT2D eigenvalue weighted by molar-refractivity contribution is 6.37. The van der Waals surface area contributed by atoms with Gasteiger partial charge in [-0.1, -0.05) is 48.5 Å². The molecule has 2 amide bonds. The molecule has 0 saturated carbocycles. The average Bonchev–Trinajstić information content (AvgIpc) is 3.48. The number of ether oxygens (including phenoxy) is 3. The standard InChI is InChI=1S/C29H23NO7/c1-15-8-4-5-9-17(15)24-22-23(29(37-24)25(31)18-10-6-7-11-19(18)26(29)32)28(34)30(27(22)33)16-12-13-20(35-2)21(14-16)36-3/h4-14,22-24H,1-3H3/t22-,23-,24+/m0/s1. The molecule has 3 aliphatic rings. The highest BCUT2D eigenvalue weighted by atomic mass is 16.5. The van der Waals surface area contributed by atoms with Crippen molar-refractivity contribution in [1.82, 2.24) is 0 Å². The van der Waals surface area contributed by atoms with Gasteiger partial charge >= 0.3 is 0 Å². The number of ketones is 2. The van der Waals surface area contributed by atoms with E-state index in [1.165, 1.54) is 20.3 Å². The molecule has 0 N–H and O–H groups in total. The largest absolute Gasteiger partial charge is 0.493 e. The molecule has 8 nitrogen and oxygen atoms in total. The van der Waals surface area contributed by atoms with Crippen molar-refractivity contribution in [3.63, 3.8) is 0 Å². The SMILES string of the molecule is COc1ccc(N2C(=O)[C@@H]3[C@@H](c4ccccc4C)OC4(C(=O)c5ccccc5C4=O)[C@@H]3C2=O)cc1OC. The van der Waals surface area contributed by atoms with Crippen molar-refractivity contribution in [2.24, 2.45) is 11.8 Å². The van der Waals surface area contributed by atoms with Gasteiger partial charge in [0.2, 0.25) is 29.0 Å². The zero-order valence-corrected chi connectivity index (χ0v) is 20.4. The fourth-order valence-electron chi connectivity index (χ4n) is 5.92. The Morgan fingerprint density at radius 1 is 0.784 bits per heavy atom. The topological polar surface area (TPSA) is 99.2 Å². The Bertz CT molecular complexity index is 1470. The molecule has 6 rings (SSSR count). The van der Waals surface area contributed by atoms with Crippen LogP contribution in [0.2, 0.25) is 0 Å². The molecule has 3 atom stereocenters. The van der Waals surface area contributed by atoms with E-state index in [0.717, 1.165) is 10.5 Å². The van der Waals surface area contributed by atoms with Crippen molar-refractivity contribution in [2.75, 3.05) is 19.1 Å². The minimum Gasteiger partial charge on any atom is -0.493 e. The molecule has 1 aliphatic carbocycles. The van der Waals surface area contributed by atoms with Gasteiger partial charge in [-0.15, -0.1) is 0 Å². The number of fused-ring (bicyclic) bond motifs is 3. The lowest BCUT2D eigenvalue weighted by atomic mass is 9.77. The second-order valence-electron chi connectivity index (χ2n) is 9.39. The molecule has 2 heterocycles. The molecular formula is C29H23NO7. The normalized spacial score (nSPS) is 23.5. The first kappa shape index (κ1) is 23.1. The van der Waals surface area contributed by atoms with Gasteiger partial charge in [-0.2, -0.15) is 0 Å². The maximum atomic E-state index is 14.1. The molecule has 3 aromatic rings. The number of aryl methyl sites for hydroxylation is 1. The van der Waals surface area contributed by atoms with Crippen LogP contribution in [-0.2, 0) is 14.3 Å². The molecule has 0 unspecified atom stereocenters. The zero-order valence-electron chi connectivity index (χ0n) is 20.4. The van der Waals surface area contributed by atoms with E-state index in [1.54, 1.807) is 48.5 Å². The first-order valence-corrected chi connectivity index (χ1v) is 11.9. The predicted molar refractivity (Wildman–Crippen MR) is 132 cm³/mol. The minimum atomic E-state index is -2.11. The number of amides is 2. The molecule has 2 aliphatic heterocycles. The van der Waals surface area contributed by atoms with E-state index in [4.69, 9.17) is 14.2 Å². The van der Waals surface area contributed by atoms with E-state index in [0.29, 0.717) is 17.1 Å². The number of hydrogen-bond donors (Lipinski definition) is 0. The summed E-state index contributed by atoms with van der Waals surface area (Å²) in [5, 5.41) is 0. The monoisotopic (exact) mass is 497 g/mol. The van der Waals surface area contributed by atoms with Crippen LogP contribution in [0.5, 0.6) is 11.5 Å². The highest BCUT2D eigenvalue weighted by Gasteiger charge is 2.74. The van der Waals surface area contributed by atoms with Gasteiger partial charge in [-0.3, -0.25) is 19.2 Å². The number of carbonyl (C=O) groups excluding carboxylic acids is 4. The zero-order chi connectivity index (χ0) is 26.1. The first-order valence-electron chi connectivity index (χ1n) is 11.9. The van der Waals surface area contributed by atoms with Crippen molar-refractivity contribution in [2.45, 2.75) is 18.6 Å². The third kappa shape index (κ3) is 2.93. The van der Waals surface area contributed by atoms with Crippen molar-refractivity contribution in [3.8, 4) is 11.5 Å². The summed E-state index contributed by atoms with van der Waals surface area (Å²) in [6.45, 7) is 1.86. The highest BCUT2D eigenvalue weighted by Crippen LogP contribution is 2.58. The van der Waals surface area contributed by atoms with E-state index < -0.39 is 46.9 Å². The van der Waals surface area contributed by atoms with Gasteiger partial charge in [0, 0.05) is 17.2 Å². The van der Waals surface area contributed by atoms with Crippen LogP contribution in [0.15, 0.2) is 66.7 Å². The third-order valence-corrected chi connectivity index (χ3v) is 7.64. The lowest BCUT2D eigenvalue weighted by Gasteiger charge is -2.27. The Balaban J connectivity index is 1.54. The smallest absolute Gasteiger partial charge is 0.241 e. The molecule has 0 aromatic heterocycles. The summed E-state index contributed by atoms with van der Waals surface area (Å²) in [5.41, 5.74) is 0.0169. The van der Waals surface area contributed by atoms with Gasteiger partial charge in [0.05, 0.1) is 37.8 Å². The van der Waals surface area contributed by atoms with Crippen LogP contribution in [-0.4, -0.2) is 43.2 Å². The van der Waals surface area contributed by atoms with E-state index in [1.807, 2.05) is 19.1 Å². The van der Waals surface area contributed by atoms with Gasteiger partial charge in [-0.25, -0.2) is 4.90 Å². The first-order chi connectivity index (χ1) is 17.8. The Morgan fingerprint density at radius 2 is 1.41 bits per heavy atom. The van der Waals surface area contributed by atoms with Crippen LogP contribution in [0, 0.1) is 18.8 Å². The fraction of sp³-hybridized carbons (Fsp3) is 0.241. The summed E-state index contributed by atoms with van der Waals surface area (Å²) in [4.78, 5) is 56.8. The van der Waals surface area contributed by atoms with Gasteiger partial charge < -0.3 is 14.2 Å². The second-order valence-corrected chi connectivity index (χ2v) is 9.39. The van der Waals surface area contributed by atoms with Crippen molar-refractivity contribution in [3.05, 3.63) is 89.0 Å². The number of hydrogen-bond acceptors (Lipinski definition) is 7. The number of benzene rings is 3. The molecule has 8 heteroatoms. The molecule has 37 heavy (non-hydrogen) atoms. The van der Waals surface area contributed by atoms with Crippen LogP contribution < -0.4 is 14.4 Å². The third-order valence-electron chi connectivity index (χ3n) is 7.64. The van der Waals surface area contributed by atoms with Gasteiger partial charge in [0.15, 0.2) is 11.5 Å². The van der Waals surface area contributed by atoms with Crippen molar-refractivity contribution < 1.29 is 33.4 Å². The van der Waals surface area contributed by atoms with Crippen LogP contribution in [0.4, 0.5) is 5.69 Å². The Kier molecular flexibility index (Phi) is 5.07. The maximum Gasteiger partial charge on any atom is 0.241 e. The Morgan fingerprint density at radius 3 is 2.03 bits per heavy atom. The number of nitrogens with zero attached hydrogens (tertiary/aromatic N) is 1. The van der Waals surface area contributed by atoms with Crippen LogP contribution >= 0.6 is 0 Å². The molecule has 186 valence electrons.